The summed E-state index contributed by atoms with van der Waals surface area (Å²) in [5.41, 5.74) is 7.00. The molecule has 1 nitrogen and oxygen atoms in total. The van der Waals surface area contributed by atoms with Crippen LogP contribution in [0.4, 0.5) is 13.2 Å². The Balaban J connectivity index is 2.07. The first-order valence-electron chi connectivity index (χ1n) is 5.30. The van der Waals surface area contributed by atoms with E-state index < -0.39 is 12.6 Å². The summed E-state index contributed by atoms with van der Waals surface area (Å²) in [5.74, 6) is 0. The van der Waals surface area contributed by atoms with Gasteiger partial charge in [0.25, 0.3) is 0 Å². The number of alkyl halides is 3. The van der Waals surface area contributed by atoms with Gasteiger partial charge in [-0.1, -0.05) is 24.3 Å². The van der Waals surface area contributed by atoms with Gasteiger partial charge >= 0.3 is 6.18 Å². The first-order chi connectivity index (χ1) is 7.36. The molecule has 0 amide bonds. The molecule has 1 aliphatic carbocycles. The molecule has 0 radical (unpaired) electrons. The van der Waals surface area contributed by atoms with Gasteiger partial charge in [0.15, 0.2) is 0 Å². The predicted molar refractivity (Wildman–Crippen MR) is 56.1 cm³/mol. The highest BCUT2D eigenvalue weighted by molar-refractivity contribution is 5.27. The largest absolute Gasteiger partial charge is 0.393 e. The zero-order valence-corrected chi connectivity index (χ0v) is 8.85. The van der Waals surface area contributed by atoms with Crippen LogP contribution in [0, 0.1) is 0 Å². The van der Waals surface area contributed by atoms with Crippen LogP contribution < -0.4 is 5.73 Å². The maximum atomic E-state index is 12.2. The molecule has 4 heteroatoms. The van der Waals surface area contributed by atoms with Crippen LogP contribution in [0.25, 0.3) is 0 Å². The highest BCUT2D eigenvalue weighted by Gasteiger charge is 2.38. The molecule has 0 unspecified atom stereocenters. The van der Waals surface area contributed by atoms with Crippen molar-refractivity contribution in [3.8, 4) is 0 Å². The molecule has 16 heavy (non-hydrogen) atoms. The summed E-state index contributed by atoms with van der Waals surface area (Å²) in [5, 5.41) is 0. The molecule has 2 rings (SSSR count). The van der Waals surface area contributed by atoms with E-state index in [2.05, 4.69) is 0 Å². The summed E-state index contributed by atoms with van der Waals surface area (Å²) in [7, 11) is 0. The molecule has 1 aliphatic rings. The van der Waals surface area contributed by atoms with Crippen LogP contribution in [0.5, 0.6) is 0 Å². The minimum absolute atomic E-state index is 0.156. The fourth-order valence-electron chi connectivity index (χ4n) is 1.82. The number of halogens is 3. The third-order valence-corrected chi connectivity index (χ3v) is 2.84. The highest BCUT2D eigenvalue weighted by Crippen LogP contribution is 2.35. The Morgan fingerprint density at radius 2 is 1.81 bits per heavy atom. The Labute approximate surface area is 92.5 Å². The average molecular weight is 229 g/mol. The van der Waals surface area contributed by atoms with Crippen molar-refractivity contribution in [3.05, 3.63) is 35.4 Å². The zero-order valence-electron chi connectivity index (χ0n) is 8.85. The lowest BCUT2D eigenvalue weighted by Gasteiger charge is -2.11. The summed E-state index contributed by atoms with van der Waals surface area (Å²) >= 11 is 0. The van der Waals surface area contributed by atoms with Gasteiger partial charge in [0, 0.05) is 5.54 Å². The van der Waals surface area contributed by atoms with E-state index in [0.717, 1.165) is 18.4 Å². The lowest BCUT2D eigenvalue weighted by atomic mass is 10.0. The standard InChI is InChI=1S/C12H14F3N/c13-12(14,15)8-10-3-1-2-9(6-10)7-11(16)4-5-11/h1-3,6H,4-5,7-8,16H2. The van der Waals surface area contributed by atoms with Crippen molar-refractivity contribution >= 4 is 0 Å². The first kappa shape index (κ1) is 11.5. The summed E-state index contributed by atoms with van der Waals surface area (Å²) in [6.07, 6.45) is -2.39. The molecule has 0 spiro atoms. The fourth-order valence-corrected chi connectivity index (χ4v) is 1.82. The third kappa shape index (κ3) is 3.23. The molecule has 1 aromatic carbocycles. The van der Waals surface area contributed by atoms with Crippen LogP contribution in [0.3, 0.4) is 0 Å². The van der Waals surface area contributed by atoms with E-state index in [-0.39, 0.29) is 5.54 Å². The molecule has 0 atom stereocenters. The predicted octanol–water partition coefficient (Wildman–Crippen LogP) is 2.83. The van der Waals surface area contributed by atoms with Crippen LogP contribution in [-0.2, 0) is 12.8 Å². The zero-order chi connectivity index (χ0) is 11.8. The second-order valence-electron chi connectivity index (χ2n) is 4.65. The van der Waals surface area contributed by atoms with E-state index >= 15 is 0 Å². The molecule has 0 bridgehead atoms. The van der Waals surface area contributed by atoms with Gasteiger partial charge in [-0.2, -0.15) is 13.2 Å². The second-order valence-corrected chi connectivity index (χ2v) is 4.65. The summed E-state index contributed by atoms with van der Waals surface area (Å²) < 4.78 is 36.6. The summed E-state index contributed by atoms with van der Waals surface area (Å²) in [6, 6.07) is 6.63. The van der Waals surface area contributed by atoms with Crippen molar-refractivity contribution in [2.45, 2.75) is 37.4 Å². The molecule has 88 valence electrons. The van der Waals surface area contributed by atoms with Crippen molar-refractivity contribution in [2.75, 3.05) is 0 Å². The molecule has 0 saturated heterocycles. The van der Waals surface area contributed by atoms with Gasteiger partial charge in [-0.3, -0.25) is 0 Å². The maximum absolute atomic E-state index is 12.2. The van der Waals surface area contributed by atoms with Gasteiger partial charge in [-0.05, 0) is 30.4 Å². The summed E-state index contributed by atoms with van der Waals surface area (Å²) in [4.78, 5) is 0. The van der Waals surface area contributed by atoms with Gasteiger partial charge < -0.3 is 5.73 Å². The van der Waals surface area contributed by atoms with E-state index in [1.807, 2.05) is 6.07 Å². The van der Waals surface area contributed by atoms with Gasteiger partial charge in [-0.25, -0.2) is 0 Å². The third-order valence-electron chi connectivity index (χ3n) is 2.84. The molecule has 1 saturated carbocycles. The smallest absolute Gasteiger partial charge is 0.325 e. The van der Waals surface area contributed by atoms with Crippen LogP contribution >= 0.6 is 0 Å². The average Bonchev–Trinajstić information content (AvgIpc) is 2.80. The molecule has 0 aromatic heterocycles. The van der Waals surface area contributed by atoms with Crippen molar-refractivity contribution in [2.24, 2.45) is 5.73 Å². The minimum Gasteiger partial charge on any atom is -0.325 e. The van der Waals surface area contributed by atoms with E-state index in [1.165, 1.54) is 6.07 Å². The number of rotatable bonds is 3. The lowest BCUT2D eigenvalue weighted by molar-refractivity contribution is -0.127. The van der Waals surface area contributed by atoms with Crippen molar-refractivity contribution in [1.82, 2.24) is 0 Å². The Bertz CT molecular complexity index is 358. The number of benzene rings is 1. The quantitative estimate of drug-likeness (QED) is 0.847. The Morgan fingerprint density at radius 1 is 1.19 bits per heavy atom. The van der Waals surface area contributed by atoms with E-state index in [9.17, 15) is 13.2 Å². The van der Waals surface area contributed by atoms with Crippen LogP contribution in [0.2, 0.25) is 0 Å². The van der Waals surface area contributed by atoms with Crippen molar-refractivity contribution < 1.29 is 13.2 Å². The minimum atomic E-state index is -4.14. The number of hydrogen-bond donors (Lipinski definition) is 1. The van der Waals surface area contributed by atoms with Gasteiger partial charge in [-0.15, -0.1) is 0 Å². The molecule has 1 fully saturated rings. The van der Waals surface area contributed by atoms with Gasteiger partial charge in [0.05, 0.1) is 6.42 Å². The molecule has 0 heterocycles. The number of nitrogens with two attached hydrogens (primary N) is 1. The monoisotopic (exact) mass is 229 g/mol. The topological polar surface area (TPSA) is 26.0 Å². The van der Waals surface area contributed by atoms with Crippen molar-refractivity contribution in [1.29, 1.82) is 0 Å². The van der Waals surface area contributed by atoms with Gasteiger partial charge in [0.1, 0.15) is 0 Å². The van der Waals surface area contributed by atoms with Gasteiger partial charge in [0.2, 0.25) is 0 Å². The van der Waals surface area contributed by atoms with E-state index in [4.69, 9.17) is 5.73 Å². The van der Waals surface area contributed by atoms with E-state index in [0.29, 0.717) is 12.0 Å². The number of hydrogen-bond acceptors (Lipinski definition) is 1. The normalized spacial score (nSPS) is 18.5. The molecule has 1 aromatic rings. The Kier molecular flexibility index (Phi) is 2.70. The highest BCUT2D eigenvalue weighted by atomic mass is 19.4. The maximum Gasteiger partial charge on any atom is 0.393 e. The summed E-state index contributed by atoms with van der Waals surface area (Å²) in [6.45, 7) is 0. The Hall–Kier alpha value is -1.03. The second kappa shape index (κ2) is 3.77. The van der Waals surface area contributed by atoms with Crippen molar-refractivity contribution in [3.63, 3.8) is 0 Å². The SMILES string of the molecule is NC1(Cc2cccc(CC(F)(F)F)c2)CC1. The van der Waals surface area contributed by atoms with Crippen LogP contribution in [0.1, 0.15) is 24.0 Å². The van der Waals surface area contributed by atoms with Crippen LogP contribution in [0.15, 0.2) is 24.3 Å². The molecule has 2 N–H and O–H groups in total. The van der Waals surface area contributed by atoms with E-state index in [1.54, 1.807) is 12.1 Å². The fraction of sp³-hybridized carbons (Fsp3) is 0.500. The first-order valence-corrected chi connectivity index (χ1v) is 5.30. The molecular formula is C12H14F3N. The molecule has 0 aliphatic heterocycles. The Morgan fingerprint density at radius 3 is 2.38 bits per heavy atom. The molecular weight excluding hydrogens is 215 g/mol. The lowest BCUT2D eigenvalue weighted by Crippen LogP contribution is -2.24. The van der Waals surface area contributed by atoms with Crippen LogP contribution in [-0.4, -0.2) is 11.7 Å².